The molecule has 0 heterocycles. The third kappa shape index (κ3) is 5.98. The summed E-state index contributed by atoms with van der Waals surface area (Å²) in [6.07, 6.45) is 0. The number of sulfonamides is 1. The van der Waals surface area contributed by atoms with E-state index in [4.69, 9.17) is 10.9 Å². The van der Waals surface area contributed by atoms with Gasteiger partial charge in [0, 0.05) is 5.56 Å². The summed E-state index contributed by atoms with van der Waals surface area (Å²) in [4.78, 5) is 12.2. The smallest absolute Gasteiger partial charge is 0.494 e. The Balaban J connectivity index is 0.00000408. The number of nitrogens with one attached hydrogen (secondary N) is 1. The van der Waals surface area contributed by atoms with Gasteiger partial charge in [0.15, 0.2) is 5.83 Å². The van der Waals surface area contributed by atoms with Gasteiger partial charge in [0.25, 0.3) is 5.91 Å². The third-order valence-corrected chi connectivity index (χ3v) is 5.81. The fourth-order valence-electron chi connectivity index (χ4n) is 3.12. The van der Waals surface area contributed by atoms with Crippen LogP contribution in [0.4, 0.5) is 14.5 Å². The Bertz CT molecular complexity index is 1410. The number of carbonyl (C=O) groups excluding carboxylic acids is 1. The molecule has 0 fully saturated rings. The molecule has 0 aliphatic carbocycles. The summed E-state index contributed by atoms with van der Waals surface area (Å²) in [5, 5.41) is 16.8. The van der Waals surface area contributed by atoms with Gasteiger partial charge in [0.05, 0.1) is 10.6 Å². The molecule has 0 aliphatic heterocycles. The number of amidine groups is 1. The number of benzene rings is 3. The second-order valence-corrected chi connectivity index (χ2v) is 8.62. The predicted molar refractivity (Wildman–Crippen MR) is 124 cm³/mol. The van der Waals surface area contributed by atoms with Gasteiger partial charge in [-0.2, -0.15) is 0 Å². The Labute approximate surface area is 207 Å². The van der Waals surface area contributed by atoms with E-state index >= 15 is 0 Å². The summed E-state index contributed by atoms with van der Waals surface area (Å²) < 4.78 is 53.0. The Hall–Kier alpha value is -3.29. The number of rotatable bonds is 6. The van der Waals surface area contributed by atoms with Gasteiger partial charge in [-0.1, -0.05) is 48.3 Å². The first-order chi connectivity index (χ1) is 15.5. The fourth-order valence-corrected chi connectivity index (χ4v) is 3.88. The van der Waals surface area contributed by atoms with Crippen molar-refractivity contribution in [1.82, 2.24) is 0 Å². The number of allylic oxidation sites excluding steroid dienone is 1. The van der Waals surface area contributed by atoms with Gasteiger partial charge in [-0.05, 0) is 53.5 Å². The number of amides is 1. The molecule has 0 atom stereocenters. The Morgan fingerprint density at radius 2 is 1.65 bits per heavy atom. The van der Waals surface area contributed by atoms with E-state index in [0.29, 0.717) is 5.56 Å². The van der Waals surface area contributed by atoms with Gasteiger partial charge in [-0.25, -0.2) is 22.3 Å². The minimum atomic E-state index is -4.05. The summed E-state index contributed by atoms with van der Waals surface area (Å²) in [6.45, 7) is 1.35. The molecule has 0 unspecified atom stereocenters. The minimum Gasteiger partial charge on any atom is -0.494 e. The number of carbonyl (C=O) groups is 1. The zero-order valence-corrected chi connectivity index (χ0v) is 19.2. The molecular formula is C23H19F2LiN4O3S. The summed E-state index contributed by atoms with van der Waals surface area (Å²) in [6, 6.07) is 15.3. The van der Waals surface area contributed by atoms with Crippen molar-refractivity contribution in [2.75, 3.05) is 5.32 Å². The Morgan fingerprint density at radius 3 is 2.26 bits per heavy atom. The molecule has 5 N–H and O–H groups in total. The first-order valence-corrected chi connectivity index (χ1v) is 11.1. The molecule has 1 amide bonds. The van der Waals surface area contributed by atoms with Gasteiger partial charge in [-0.3, -0.25) is 4.79 Å². The molecule has 0 radical (unpaired) electrons. The van der Waals surface area contributed by atoms with Crippen molar-refractivity contribution in [2.24, 2.45) is 10.9 Å². The number of halogens is 2. The number of anilines is 1. The van der Waals surface area contributed by atoms with E-state index in [1.165, 1.54) is 61.5 Å². The molecule has 0 aromatic heterocycles. The quantitative estimate of drug-likeness (QED) is 0.209. The normalized spacial score (nSPS) is 11.8. The Morgan fingerprint density at radius 1 is 1.00 bits per heavy atom. The zero-order valence-electron chi connectivity index (χ0n) is 18.3. The van der Waals surface area contributed by atoms with Crippen LogP contribution in [0.25, 0.3) is 22.1 Å². The predicted octanol–water partition coefficient (Wildman–Crippen LogP) is 0.758. The van der Waals surface area contributed by atoms with E-state index in [-0.39, 0.29) is 51.7 Å². The molecule has 170 valence electrons. The van der Waals surface area contributed by atoms with Crippen LogP contribution in [-0.2, 0) is 14.8 Å². The first-order valence-electron chi connectivity index (χ1n) is 9.50. The molecule has 0 saturated carbocycles. The summed E-state index contributed by atoms with van der Waals surface area (Å²) in [5.74, 6) is -3.71. The van der Waals surface area contributed by atoms with Gasteiger partial charge in [-0.15, -0.1) is 0 Å². The molecule has 3 rings (SSSR count). The van der Waals surface area contributed by atoms with Crippen LogP contribution >= 0.6 is 0 Å². The third-order valence-electron chi connectivity index (χ3n) is 4.84. The number of primary sulfonamides is 1. The van der Waals surface area contributed by atoms with Crippen LogP contribution in [0.5, 0.6) is 0 Å². The fraction of sp³-hybridized carbons (Fsp3) is 0.0435. The average Bonchev–Trinajstić information content (AvgIpc) is 2.78. The maximum atomic E-state index is 14.7. The van der Waals surface area contributed by atoms with Gasteiger partial charge < -0.3 is 16.5 Å². The van der Waals surface area contributed by atoms with Crippen molar-refractivity contribution in [3.05, 3.63) is 94.9 Å². The van der Waals surface area contributed by atoms with Crippen molar-refractivity contribution < 1.29 is 40.9 Å². The number of nitrogens with two attached hydrogens (primary N) is 2. The van der Waals surface area contributed by atoms with Crippen LogP contribution in [0.3, 0.4) is 0 Å². The molecular weight excluding hydrogens is 457 g/mol. The second kappa shape index (κ2) is 10.8. The van der Waals surface area contributed by atoms with E-state index in [1.54, 1.807) is 6.07 Å². The number of hydrogen-bond acceptors (Lipinski definition) is 3. The maximum Gasteiger partial charge on any atom is 1.00 e. The van der Waals surface area contributed by atoms with E-state index in [2.05, 4.69) is 5.32 Å². The molecule has 11 heteroatoms. The van der Waals surface area contributed by atoms with Gasteiger partial charge in [0.1, 0.15) is 5.82 Å². The monoisotopic (exact) mass is 476 g/mol. The van der Waals surface area contributed by atoms with Crippen LogP contribution < -0.4 is 35.1 Å². The minimum absolute atomic E-state index is 0. The molecule has 3 aromatic carbocycles. The molecule has 0 bridgehead atoms. The van der Waals surface area contributed by atoms with Crippen LogP contribution in [0.2, 0.25) is 0 Å². The number of nitrogens with zero attached hydrogens (tertiary/aromatic N) is 1. The van der Waals surface area contributed by atoms with Crippen molar-refractivity contribution in [1.29, 1.82) is 0 Å². The molecule has 7 nitrogen and oxygen atoms in total. The van der Waals surface area contributed by atoms with E-state index in [1.807, 2.05) is 0 Å². The number of hydrogen-bond donors (Lipinski definition) is 3. The standard InChI is InChI=1S/C23H19F2N4O3S.Li/c1-13(14-5-4-6-16(11-14)22(26)27)21(25)23(30)29-19-10-9-15(12-18(19)24)17-7-2-3-8-20(17)33(28,31)32;/h2-12H,1H3,(H5-,26,27,28,29,30,31,32);/q-1;+1/b21-13+;. The van der Waals surface area contributed by atoms with Crippen LogP contribution in [0, 0.1) is 5.82 Å². The largest absolute Gasteiger partial charge is 1.00 e. The molecule has 0 saturated heterocycles. The van der Waals surface area contributed by atoms with Crippen LogP contribution in [0.15, 0.2) is 77.5 Å². The van der Waals surface area contributed by atoms with E-state index in [0.717, 1.165) is 6.07 Å². The topological polar surface area (TPSA) is 138 Å². The molecule has 0 aliphatic rings. The van der Waals surface area contributed by atoms with Gasteiger partial charge in [0.2, 0.25) is 10.0 Å². The van der Waals surface area contributed by atoms with Crippen molar-refractivity contribution in [3.63, 3.8) is 0 Å². The van der Waals surface area contributed by atoms with Crippen LogP contribution in [-0.4, -0.2) is 20.2 Å². The summed E-state index contributed by atoms with van der Waals surface area (Å²) in [5.41, 5.74) is 5.91. The molecule has 0 spiro atoms. The van der Waals surface area contributed by atoms with E-state index in [9.17, 15) is 27.4 Å². The van der Waals surface area contributed by atoms with Crippen molar-refractivity contribution in [3.8, 4) is 11.1 Å². The SMILES string of the molecule is C/C(=C(\F)C(=O)Nc1ccc(-c2ccccc2S(N)(=O)=O)cc1F)c1cccc(C(=[N-])N)c1.[Li+]. The second-order valence-electron chi connectivity index (χ2n) is 7.09. The first kappa shape index (κ1) is 27.0. The Kier molecular flexibility index (Phi) is 8.53. The van der Waals surface area contributed by atoms with E-state index < -0.39 is 33.4 Å². The summed E-state index contributed by atoms with van der Waals surface area (Å²) in [7, 11) is -4.05. The molecule has 34 heavy (non-hydrogen) atoms. The van der Waals surface area contributed by atoms with Crippen LogP contribution in [0.1, 0.15) is 18.1 Å². The zero-order chi connectivity index (χ0) is 24.3. The van der Waals surface area contributed by atoms with Crippen molar-refractivity contribution >= 4 is 33.0 Å². The van der Waals surface area contributed by atoms with Gasteiger partial charge >= 0.3 is 18.9 Å². The molecule has 3 aromatic rings. The maximum absolute atomic E-state index is 14.7. The van der Waals surface area contributed by atoms with Crippen molar-refractivity contribution in [2.45, 2.75) is 11.8 Å². The summed E-state index contributed by atoms with van der Waals surface area (Å²) >= 11 is 0. The average molecular weight is 476 g/mol.